The van der Waals surface area contributed by atoms with Crippen LogP contribution in [0.4, 0.5) is 0 Å². The van der Waals surface area contributed by atoms with Gasteiger partial charge in [-0.25, -0.2) is 8.42 Å². The summed E-state index contributed by atoms with van der Waals surface area (Å²) in [5.74, 6) is 0.768. The first-order chi connectivity index (χ1) is 8.05. The smallest absolute Gasteiger partial charge is 0.175 e. The Hall–Kier alpha value is -1.03. The second kappa shape index (κ2) is 5.08. The van der Waals surface area contributed by atoms with Crippen molar-refractivity contribution in [1.29, 1.82) is 0 Å². The molecule has 0 saturated heterocycles. The van der Waals surface area contributed by atoms with Crippen LogP contribution in [0, 0.1) is 0 Å². The molecule has 1 saturated carbocycles. The summed E-state index contributed by atoms with van der Waals surface area (Å²) in [4.78, 5) is 0.341. The Bertz CT molecular complexity index is 456. The Morgan fingerprint density at radius 3 is 2.18 bits per heavy atom. The van der Waals surface area contributed by atoms with Crippen LogP contribution in [0.25, 0.3) is 0 Å². The van der Waals surface area contributed by atoms with E-state index in [1.165, 1.54) is 25.5 Å². The Morgan fingerprint density at radius 1 is 1.06 bits per heavy atom. The third kappa shape index (κ3) is 3.46. The number of benzene rings is 1. The number of hydrogen-bond acceptors (Lipinski definition) is 3. The van der Waals surface area contributed by atoms with E-state index >= 15 is 0 Å². The molecule has 94 valence electrons. The molecule has 0 spiro atoms. The predicted molar refractivity (Wildman–Crippen MR) is 67.1 cm³/mol. The zero-order chi connectivity index (χ0) is 12.3. The third-order valence-corrected chi connectivity index (χ3v) is 4.24. The molecule has 0 unspecified atom stereocenters. The van der Waals surface area contributed by atoms with Crippen molar-refractivity contribution < 1.29 is 13.2 Å². The average Bonchev–Trinajstić information content (AvgIpc) is 2.30. The summed E-state index contributed by atoms with van der Waals surface area (Å²) >= 11 is 0. The maximum atomic E-state index is 11.3. The number of sulfone groups is 1. The minimum atomic E-state index is -3.11. The normalized spacial score (nSPS) is 17.9. The van der Waals surface area contributed by atoms with E-state index in [4.69, 9.17) is 4.74 Å². The van der Waals surface area contributed by atoms with Gasteiger partial charge in [0.15, 0.2) is 9.84 Å². The van der Waals surface area contributed by atoms with Gasteiger partial charge in [-0.15, -0.1) is 0 Å². The van der Waals surface area contributed by atoms with Crippen LogP contribution in [0.5, 0.6) is 5.75 Å². The van der Waals surface area contributed by atoms with Crippen molar-refractivity contribution in [1.82, 2.24) is 0 Å². The fourth-order valence-electron chi connectivity index (χ4n) is 2.14. The molecule has 1 aromatic rings. The van der Waals surface area contributed by atoms with E-state index in [0.29, 0.717) is 11.0 Å². The van der Waals surface area contributed by atoms with Crippen molar-refractivity contribution in [2.45, 2.75) is 43.1 Å². The van der Waals surface area contributed by atoms with Crippen LogP contribution in [0.3, 0.4) is 0 Å². The van der Waals surface area contributed by atoms with Gasteiger partial charge in [-0.2, -0.15) is 0 Å². The highest BCUT2D eigenvalue weighted by Gasteiger charge is 2.15. The lowest BCUT2D eigenvalue weighted by atomic mass is 9.98. The summed E-state index contributed by atoms with van der Waals surface area (Å²) < 4.78 is 28.4. The van der Waals surface area contributed by atoms with E-state index in [2.05, 4.69) is 0 Å². The molecule has 4 heteroatoms. The van der Waals surface area contributed by atoms with Gasteiger partial charge in [-0.3, -0.25) is 0 Å². The van der Waals surface area contributed by atoms with Crippen LogP contribution in [0.1, 0.15) is 32.1 Å². The van der Waals surface area contributed by atoms with Crippen LogP contribution in [-0.4, -0.2) is 20.8 Å². The number of hydrogen-bond donors (Lipinski definition) is 0. The summed E-state index contributed by atoms with van der Waals surface area (Å²) in [5, 5.41) is 0. The molecule has 1 fully saturated rings. The molecule has 1 aliphatic rings. The summed E-state index contributed by atoms with van der Waals surface area (Å²) in [6.45, 7) is 0. The van der Waals surface area contributed by atoms with Crippen molar-refractivity contribution in [3.05, 3.63) is 24.3 Å². The van der Waals surface area contributed by atoms with Crippen LogP contribution in [-0.2, 0) is 9.84 Å². The molecule has 0 radical (unpaired) electrons. The van der Waals surface area contributed by atoms with Gasteiger partial charge < -0.3 is 4.74 Å². The van der Waals surface area contributed by atoms with Gasteiger partial charge in [-0.05, 0) is 49.9 Å². The Kier molecular flexibility index (Phi) is 3.72. The van der Waals surface area contributed by atoms with Gasteiger partial charge in [0.1, 0.15) is 5.75 Å². The van der Waals surface area contributed by atoms with Crippen molar-refractivity contribution in [2.24, 2.45) is 0 Å². The summed E-state index contributed by atoms with van der Waals surface area (Å²) in [5.41, 5.74) is 0. The Balaban J connectivity index is 2.03. The van der Waals surface area contributed by atoms with Gasteiger partial charge >= 0.3 is 0 Å². The van der Waals surface area contributed by atoms with Crippen LogP contribution < -0.4 is 4.74 Å². The second-order valence-corrected chi connectivity index (χ2v) is 6.64. The number of rotatable bonds is 3. The monoisotopic (exact) mass is 254 g/mol. The lowest BCUT2D eigenvalue weighted by Crippen LogP contribution is -2.19. The van der Waals surface area contributed by atoms with E-state index in [9.17, 15) is 8.42 Å². The molecule has 0 N–H and O–H groups in total. The highest BCUT2D eigenvalue weighted by atomic mass is 32.2. The first kappa shape index (κ1) is 12.4. The highest BCUT2D eigenvalue weighted by molar-refractivity contribution is 7.90. The molecule has 1 aliphatic carbocycles. The average molecular weight is 254 g/mol. The summed E-state index contributed by atoms with van der Waals surface area (Å²) in [6, 6.07) is 6.69. The minimum absolute atomic E-state index is 0.299. The standard InChI is InChI=1S/C13H18O3S/c1-17(14,15)13-9-7-12(8-10-13)16-11-5-3-2-4-6-11/h7-11H,2-6H2,1H3. The van der Waals surface area contributed by atoms with Gasteiger partial charge in [0.2, 0.25) is 0 Å². The second-order valence-electron chi connectivity index (χ2n) is 4.62. The third-order valence-electron chi connectivity index (χ3n) is 3.11. The predicted octanol–water partition coefficient (Wildman–Crippen LogP) is 2.80. The largest absolute Gasteiger partial charge is 0.490 e. The van der Waals surface area contributed by atoms with Gasteiger partial charge in [0.05, 0.1) is 11.0 Å². The molecule has 2 rings (SSSR count). The SMILES string of the molecule is CS(=O)(=O)c1ccc(OC2CCCCC2)cc1. The maximum absolute atomic E-state index is 11.3. The molecule has 0 amide bonds. The molecule has 0 atom stereocenters. The summed E-state index contributed by atoms with van der Waals surface area (Å²) in [6.07, 6.45) is 7.48. The molecule has 3 nitrogen and oxygen atoms in total. The molecule has 0 aromatic heterocycles. The van der Waals surface area contributed by atoms with Gasteiger partial charge in [-0.1, -0.05) is 6.42 Å². The first-order valence-electron chi connectivity index (χ1n) is 6.02. The molecule has 1 aromatic carbocycles. The fraction of sp³-hybridized carbons (Fsp3) is 0.538. The van der Waals surface area contributed by atoms with Gasteiger partial charge in [0, 0.05) is 6.26 Å². The van der Waals surface area contributed by atoms with Crippen LogP contribution in [0.15, 0.2) is 29.2 Å². The van der Waals surface area contributed by atoms with Crippen molar-refractivity contribution in [2.75, 3.05) is 6.26 Å². The topological polar surface area (TPSA) is 43.4 Å². The number of ether oxygens (including phenoxy) is 1. The van der Waals surface area contributed by atoms with Crippen molar-refractivity contribution in [3.8, 4) is 5.75 Å². The molecular formula is C13H18O3S. The van der Waals surface area contributed by atoms with Crippen molar-refractivity contribution in [3.63, 3.8) is 0 Å². The Labute approximate surface area is 103 Å². The van der Waals surface area contributed by atoms with E-state index in [0.717, 1.165) is 18.6 Å². The lowest BCUT2D eigenvalue weighted by molar-refractivity contribution is 0.155. The van der Waals surface area contributed by atoms with Gasteiger partial charge in [0.25, 0.3) is 0 Å². The van der Waals surface area contributed by atoms with Crippen LogP contribution in [0.2, 0.25) is 0 Å². The maximum Gasteiger partial charge on any atom is 0.175 e. The molecule has 0 heterocycles. The molecular weight excluding hydrogens is 236 g/mol. The fourth-order valence-corrected chi connectivity index (χ4v) is 2.77. The van der Waals surface area contributed by atoms with E-state index in [-0.39, 0.29) is 0 Å². The highest BCUT2D eigenvalue weighted by Crippen LogP contribution is 2.24. The quantitative estimate of drug-likeness (QED) is 0.833. The lowest BCUT2D eigenvalue weighted by Gasteiger charge is -2.22. The summed E-state index contributed by atoms with van der Waals surface area (Å²) in [7, 11) is -3.11. The van der Waals surface area contributed by atoms with Crippen LogP contribution >= 0.6 is 0 Å². The molecule has 0 aliphatic heterocycles. The van der Waals surface area contributed by atoms with E-state index < -0.39 is 9.84 Å². The Morgan fingerprint density at radius 2 is 1.65 bits per heavy atom. The molecule has 17 heavy (non-hydrogen) atoms. The van der Waals surface area contributed by atoms with E-state index in [1.807, 2.05) is 0 Å². The zero-order valence-corrected chi connectivity index (χ0v) is 10.9. The first-order valence-corrected chi connectivity index (χ1v) is 7.91. The van der Waals surface area contributed by atoms with Crippen molar-refractivity contribution >= 4 is 9.84 Å². The van der Waals surface area contributed by atoms with E-state index in [1.54, 1.807) is 24.3 Å². The molecule has 0 bridgehead atoms. The minimum Gasteiger partial charge on any atom is -0.490 e. The zero-order valence-electron chi connectivity index (χ0n) is 10.1.